The van der Waals surface area contributed by atoms with Gasteiger partial charge in [0.15, 0.2) is 0 Å². The highest BCUT2D eigenvalue weighted by atomic mass is 16.5. The molecule has 8 aromatic rings. The first-order valence-corrected chi connectivity index (χ1v) is 24.3. The van der Waals surface area contributed by atoms with E-state index in [0.717, 1.165) is 65.6 Å². The molecule has 0 aliphatic rings. The third-order valence-electron chi connectivity index (χ3n) is 13.2. The average molecular weight is 893 g/mol. The molecule has 344 valence electrons. The minimum atomic E-state index is 0.176. The van der Waals surface area contributed by atoms with Crippen LogP contribution in [0.3, 0.4) is 0 Å². The van der Waals surface area contributed by atoms with E-state index in [9.17, 15) is 0 Å². The highest BCUT2D eigenvalue weighted by Gasteiger charge is 2.30. The lowest BCUT2D eigenvalue weighted by atomic mass is 9.69. The Hall–Kier alpha value is -7.10. The second kappa shape index (κ2) is 20.8. The summed E-state index contributed by atoms with van der Waals surface area (Å²) >= 11 is 0. The average Bonchev–Trinajstić information content (AvgIpc) is 3.36. The van der Waals surface area contributed by atoms with Gasteiger partial charge in [-0.15, -0.1) is 0 Å². The number of anilines is 5. The molecule has 1 unspecified atom stereocenters. The summed E-state index contributed by atoms with van der Waals surface area (Å²) in [6.45, 7) is 21.0. The normalized spacial score (nSPS) is 12.1. The predicted molar refractivity (Wildman–Crippen MR) is 292 cm³/mol. The molecule has 0 fully saturated rings. The number of methoxy groups -OCH3 is 1. The largest absolute Gasteiger partial charge is 0.497 e. The fraction of sp³-hybridized carbons (Fsp3) is 0.231. The molecular weight excluding hydrogens is 825 g/mol. The van der Waals surface area contributed by atoms with E-state index in [0.29, 0.717) is 5.92 Å². The van der Waals surface area contributed by atoms with Crippen molar-refractivity contribution in [1.29, 1.82) is 0 Å². The quantitative estimate of drug-likeness (QED) is 0.0961. The maximum atomic E-state index is 5.55. The van der Waals surface area contributed by atoms with Crippen molar-refractivity contribution in [2.75, 3.05) is 16.9 Å². The van der Waals surface area contributed by atoms with Crippen LogP contribution in [0.1, 0.15) is 83.9 Å². The molecule has 0 aliphatic carbocycles. The Balaban J connectivity index is 1.14. The van der Waals surface area contributed by atoms with Crippen LogP contribution in [0.4, 0.5) is 28.4 Å². The van der Waals surface area contributed by atoms with Gasteiger partial charge in [-0.1, -0.05) is 182 Å². The van der Waals surface area contributed by atoms with Crippen LogP contribution in [-0.2, 0) is 12.8 Å². The Bertz CT molecular complexity index is 2780. The van der Waals surface area contributed by atoms with Crippen molar-refractivity contribution in [2.24, 2.45) is 10.8 Å². The molecule has 0 spiro atoms. The third kappa shape index (κ3) is 11.3. The number of allylic oxidation sites excluding steroid dienone is 1. The number of aryl methyl sites for hydroxylation is 2. The van der Waals surface area contributed by atoms with Gasteiger partial charge in [-0.3, -0.25) is 0 Å². The second-order valence-corrected chi connectivity index (χ2v) is 20.4. The topological polar surface area (TPSA) is 15.7 Å². The smallest absolute Gasteiger partial charge is 0.119 e. The van der Waals surface area contributed by atoms with Crippen molar-refractivity contribution >= 4 is 28.4 Å². The van der Waals surface area contributed by atoms with Crippen molar-refractivity contribution in [2.45, 2.75) is 80.1 Å². The molecule has 0 saturated heterocycles. The SMILES string of the molecule is C=C(CC)N(c1ccc(OC)cc1)c1ccc(-c2ccc(N(c3ccc(-c4ccccc4)cc3)c3ccc(-c4ccccc4)cc3)cc2)cc1CCc1ccc(C(CC(C)(C)C)C(C)(C)C)cc1. The molecule has 0 radical (unpaired) electrons. The molecule has 0 aliphatic heterocycles. The molecule has 8 aromatic carbocycles. The second-order valence-electron chi connectivity index (χ2n) is 20.4. The van der Waals surface area contributed by atoms with Crippen molar-refractivity contribution in [1.82, 2.24) is 0 Å². The van der Waals surface area contributed by atoms with Crippen LogP contribution in [0, 0.1) is 10.8 Å². The van der Waals surface area contributed by atoms with Gasteiger partial charge >= 0.3 is 0 Å². The summed E-state index contributed by atoms with van der Waals surface area (Å²) in [6, 6.07) is 72.8. The number of hydrogen-bond donors (Lipinski definition) is 0. The highest BCUT2D eigenvalue weighted by Crippen LogP contribution is 2.44. The van der Waals surface area contributed by atoms with E-state index in [1.807, 2.05) is 12.1 Å². The van der Waals surface area contributed by atoms with E-state index in [2.05, 4.69) is 253 Å². The van der Waals surface area contributed by atoms with E-state index >= 15 is 0 Å². The standard InChI is InChI=1S/C65H68N2O/c1-10-47(2)66(57-40-42-61(68-9)43-41-57)63-44-33-55(45-56(63)26-23-48-21-24-54(25-22-48)62(65(6,7)8)46-64(3,4)5)53-31-38-60(39-32-53)67(58-34-27-51(28-35-58)49-17-13-11-14-18-49)59-36-29-52(30-37-59)50-19-15-12-16-20-50/h11-22,24-25,27-45,62H,2,10,23,26,46H2,1,3-9H3. The maximum absolute atomic E-state index is 5.55. The molecule has 0 aromatic heterocycles. The van der Waals surface area contributed by atoms with Gasteiger partial charge < -0.3 is 14.5 Å². The van der Waals surface area contributed by atoms with Gasteiger partial charge in [0.1, 0.15) is 5.75 Å². The van der Waals surface area contributed by atoms with Crippen LogP contribution in [0.25, 0.3) is 33.4 Å². The minimum Gasteiger partial charge on any atom is -0.497 e. The van der Waals surface area contributed by atoms with Crippen LogP contribution < -0.4 is 14.5 Å². The van der Waals surface area contributed by atoms with Gasteiger partial charge in [-0.25, -0.2) is 0 Å². The van der Waals surface area contributed by atoms with Crippen molar-refractivity contribution in [3.05, 3.63) is 229 Å². The molecule has 3 heteroatoms. The Morgan fingerprint density at radius 2 is 0.941 bits per heavy atom. The monoisotopic (exact) mass is 893 g/mol. The first kappa shape index (κ1) is 47.4. The van der Waals surface area contributed by atoms with E-state index in [1.54, 1.807) is 7.11 Å². The van der Waals surface area contributed by atoms with E-state index in [1.165, 1.54) is 50.1 Å². The summed E-state index contributed by atoms with van der Waals surface area (Å²) in [5.74, 6) is 1.32. The number of benzene rings is 8. The number of rotatable bonds is 16. The Morgan fingerprint density at radius 3 is 1.38 bits per heavy atom. The Kier molecular flexibility index (Phi) is 14.5. The molecule has 1 atom stereocenters. The molecule has 68 heavy (non-hydrogen) atoms. The van der Waals surface area contributed by atoms with E-state index in [-0.39, 0.29) is 10.8 Å². The van der Waals surface area contributed by atoms with Crippen LogP contribution in [0.15, 0.2) is 212 Å². The van der Waals surface area contributed by atoms with Gasteiger partial charge in [0.25, 0.3) is 0 Å². The summed E-state index contributed by atoms with van der Waals surface area (Å²) in [4.78, 5) is 4.68. The Morgan fingerprint density at radius 1 is 0.500 bits per heavy atom. The zero-order chi connectivity index (χ0) is 47.8. The molecule has 3 nitrogen and oxygen atoms in total. The van der Waals surface area contributed by atoms with E-state index in [4.69, 9.17) is 4.74 Å². The lowest BCUT2D eigenvalue weighted by Gasteiger charge is -2.36. The number of ether oxygens (including phenoxy) is 1. The Labute approximate surface area is 407 Å². The van der Waals surface area contributed by atoms with Gasteiger partial charge in [0.05, 0.1) is 7.11 Å². The lowest BCUT2D eigenvalue weighted by Crippen LogP contribution is -2.23. The zero-order valence-electron chi connectivity index (χ0n) is 41.5. The van der Waals surface area contributed by atoms with Crippen LogP contribution >= 0.6 is 0 Å². The summed E-state index contributed by atoms with van der Waals surface area (Å²) in [7, 11) is 1.71. The molecule has 0 saturated carbocycles. The first-order chi connectivity index (χ1) is 32.8. The van der Waals surface area contributed by atoms with Crippen LogP contribution in [0.2, 0.25) is 0 Å². The third-order valence-corrected chi connectivity index (χ3v) is 13.2. The zero-order valence-corrected chi connectivity index (χ0v) is 41.5. The van der Waals surface area contributed by atoms with Crippen molar-refractivity contribution in [3.63, 3.8) is 0 Å². The number of hydrogen-bond acceptors (Lipinski definition) is 3. The summed E-state index contributed by atoms with van der Waals surface area (Å²) in [6.07, 6.45) is 3.77. The summed E-state index contributed by atoms with van der Waals surface area (Å²) in [5.41, 5.74) is 18.2. The van der Waals surface area contributed by atoms with Crippen molar-refractivity contribution in [3.8, 4) is 39.1 Å². The van der Waals surface area contributed by atoms with Crippen LogP contribution in [-0.4, -0.2) is 7.11 Å². The first-order valence-electron chi connectivity index (χ1n) is 24.3. The summed E-state index contributed by atoms with van der Waals surface area (Å²) < 4.78 is 5.55. The molecular formula is C65H68N2O. The van der Waals surface area contributed by atoms with Gasteiger partial charge in [0, 0.05) is 34.1 Å². The molecule has 0 heterocycles. The minimum absolute atomic E-state index is 0.176. The fourth-order valence-electron chi connectivity index (χ4n) is 9.41. The molecule has 0 bridgehead atoms. The molecule has 8 rings (SSSR count). The predicted octanol–water partition coefficient (Wildman–Crippen LogP) is 18.6. The fourth-order valence-corrected chi connectivity index (χ4v) is 9.41. The van der Waals surface area contributed by atoms with Crippen molar-refractivity contribution < 1.29 is 4.74 Å². The number of nitrogens with zero attached hydrogens (tertiary/aromatic N) is 2. The maximum Gasteiger partial charge on any atom is 0.119 e. The lowest BCUT2D eigenvalue weighted by molar-refractivity contribution is 0.229. The highest BCUT2D eigenvalue weighted by molar-refractivity contribution is 5.82. The molecule has 0 N–H and O–H groups in total. The van der Waals surface area contributed by atoms with Crippen LogP contribution in [0.5, 0.6) is 5.75 Å². The van der Waals surface area contributed by atoms with Gasteiger partial charge in [-0.05, 0) is 165 Å². The van der Waals surface area contributed by atoms with Gasteiger partial charge in [-0.2, -0.15) is 0 Å². The van der Waals surface area contributed by atoms with Gasteiger partial charge in [0.2, 0.25) is 0 Å². The van der Waals surface area contributed by atoms with E-state index < -0.39 is 0 Å². The summed E-state index contributed by atoms with van der Waals surface area (Å²) in [5, 5.41) is 0. The molecule has 0 amide bonds.